The van der Waals surface area contributed by atoms with E-state index in [4.69, 9.17) is 4.74 Å². The lowest BCUT2D eigenvalue weighted by Gasteiger charge is -2.34. The Morgan fingerprint density at radius 3 is 2.57 bits per heavy atom. The quantitative estimate of drug-likeness (QED) is 0.910. The summed E-state index contributed by atoms with van der Waals surface area (Å²) >= 11 is 0. The van der Waals surface area contributed by atoms with Crippen molar-refractivity contribution in [1.82, 2.24) is 0 Å². The van der Waals surface area contributed by atoms with E-state index in [-0.39, 0.29) is 16.9 Å². The number of methoxy groups -OCH3 is 1. The second-order valence-electron chi connectivity index (χ2n) is 7.50. The van der Waals surface area contributed by atoms with Crippen molar-refractivity contribution in [2.75, 3.05) is 7.11 Å². The lowest BCUT2D eigenvalue weighted by atomic mass is 9.73. The van der Waals surface area contributed by atoms with Gasteiger partial charge in [-0.2, -0.15) is 0 Å². The maximum atomic E-state index is 12.7. The van der Waals surface area contributed by atoms with Gasteiger partial charge in [-0.05, 0) is 73.1 Å². The molecule has 0 unspecified atom stereocenters. The van der Waals surface area contributed by atoms with E-state index in [0.29, 0.717) is 18.4 Å². The number of ketones is 1. The molecule has 3 aliphatic carbocycles. The molecule has 0 saturated heterocycles. The van der Waals surface area contributed by atoms with Crippen molar-refractivity contribution in [2.24, 2.45) is 5.41 Å². The first kappa shape index (κ1) is 14.9. The van der Waals surface area contributed by atoms with E-state index in [1.807, 2.05) is 6.07 Å². The minimum Gasteiger partial charge on any atom is -0.508 e. The molecule has 2 saturated carbocycles. The van der Waals surface area contributed by atoms with Crippen LogP contribution in [-0.4, -0.2) is 24.1 Å². The van der Waals surface area contributed by atoms with Gasteiger partial charge in [0.05, 0.1) is 6.10 Å². The third-order valence-corrected chi connectivity index (χ3v) is 5.87. The summed E-state index contributed by atoms with van der Waals surface area (Å²) in [6, 6.07) is 5.54. The highest BCUT2D eigenvalue weighted by Crippen LogP contribution is 2.51. The standard InChI is InChI=1S/C20H24O3/c1-23-15-6-8-20(9-7-15)11-18(19(22)12-20)17-10-14(21)4-5-16(17)13-2-3-13/h4-5,10-11,13,15,21H,2-3,6-9,12H2,1H3. The van der Waals surface area contributed by atoms with Crippen LogP contribution in [0, 0.1) is 5.41 Å². The summed E-state index contributed by atoms with van der Waals surface area (Å²) in [7, 11) is 1.78. The van der Waals surface area contributed by atoms with Gasteiger partial charge >= 0.3 is 0 Å². The van der Waals surface area contributed by atoms with Gasteiger partial charge in [0.15, 0.2) is 5.78 Å². The van der Waals surface area contributed by atoms with Crippen LogP contribution >= 0.6 is 0 Å². The molecule has 3 nitrogen and oxygen atoms in total. The summed E-state index contributed by atoms with van der Waals surface area (Å²) in [4.78, 5) is 12.7. The molecule has 0 bridgehead atoms. The van der Waals surface area contributed by atoms with Gasteiger partial charge in [-0.1, -0.05) is 12.1 Å². The fraction of sp³-hybridized carbons (Fsp3) is 0.550. The molecule has 0 heterocycles. The predicted molar refractivity (Wildman–Crippen MR) is 89.4 cm³/mol. The first-order valence-corrected chi connectivity index (χ1v) is 8.72. The van der Waals surface area contributed by atoms with Gasteiger partial charge in [0.1, 0.15) is 5.75 Å². The molecule has 1 aromatic carbocycles. The van der Waals surface area contributed by atoms with Gasteiger partial charge in [-0.25, -0.2) is 0 Å². The number of carbonyl (C=O) groups excluding carboxylic acids is 1. The molecule has 1 spiro atoms. The van der Waals surface area contributed by atoms with Crippen LogP contribution in [0.15, 0.2) is 24.3 Å². The van der Waals surface area contributed by atoms with Crippen LogP contribution in [0.2, 0.25) is 0 Å². The van der Waals surface area contributed by atoms with Crippen molar-refractivity contribution in [1.29, 1.82) is 0 Å². The predicted octanol–water partition coefficient (Wildman–Crippen LogP) is 4.20. The second kappa shape index (κ2) is 5.48. The highest BCUT2D eigenvalue weighted by Gasteiger charge is 2.42. The molecule has 0 radical (unpaired) electrons. The normalized spacial score (nSPS) is 30.7. The summed E-state index contributed by atoms with van der Waals surface area (Å²) in [5, 5.41) is 9.90. The van der Waals surface area contributed by atoms with Crippen LogP contribution in [0.5, 0.6) is 5.75 Å². The van der Waals surface area contributed by atoms with Gasteiger partial charge in [0.25, 0.3) is 0 Å². The lowest BCUT2D eigenvalue weighted by molar-refractivity contribution is -0.115. The summed E-state index contributed by atoms with van der Waals surface area (Å²) in [6.45, 7) is 0. The van der Waals surface area contributed by atoms with Gasteiger partial charge < -0.3 is 9.84 Å². The number of hydrogen-bond donors (Lipinski definition) is 1. The Kier molecular flexibility index (Phi) is 3.56. The van der Waals surface area contributed by atoms with E-state index in [1.165, 1.54) is 18.4 Å². The number of carbonyl (C=O) groups is 1. The average Bonchev–Trinajstić information content (AvgIpc) is 3.33. The topological polar surface area (TPSA) is 46.5 Å². The molecular formula is C20H24O3. The minimum absolute atomic E-state index is 0.0216. The smallest absolute Gasteiger partial charge is 0.164 e. The third-order valence-electron chi connectivity index (χ3n) is 5.87. The molecule has 122 valence electrons. The first-order chi connectivity index (χ1) is 11.1. The van der Waals surface area contributed by atoms with Crippen LogP contribution in [0.1, 0.15) is 62.0 Å². The molecule has 3 aliphatic rings. The van der Waals surface area contributed by atoms with E-state index in [0.717, 1.165) is 36.8 Å². The zero-order chi connectivity index (χ0) is 16.0. The lowest BCUT2D eigenvalue weighted by Crippen LogP contribution is -2.28. The number of phenolic OH excluding ortho intramolecular Hbond substituents is 1. The van der Waals surface area contributed by atoms with Crippen LogP contribution in [-0.2, 0) is 9.53 Å². The number of aromatic hydroxyl groups is 1. The van der Waals surface area contributed by atoms with Crippen molar-refractivity contribution in [3.8, 4) is 5.75 Å². The summed E-state index contributed by atoms with van der Waals surface area (Å²) in [5.41, 5.74) is 3.08. The second-order valence-corrected chi connectivity index (χ2v) is 7.50. The van der Waals surface area contributed by atoms with Crippen LogP contribution in [0.25, 0.3) is 5.57 Å². The fourth-order valence-electron chi connectivity index (χ4n) is 4.33. The number of ether oxygens (including phenoxy) is 1. The molecule has 0 amide bonds. The van der Waals surface area contributed by atoms with Crippen LogP contribution in [0.3, 0.4) is 0 Å². The Bertz CT molecular complexity index is 661. The van der Waals surface area contributed by atoms with Gasteiger partial charge in [-0.15, -0.1) is 0 Å². The van der Waals surface area contributed by atoms with Crippen molar-refractivity contribution in [3.05, 3.63) is 35.4 Å². The molecule has 23 heavy (non-hydrogen) atoms. The highest BCUT2D eigenvalue weighted by atomic mass is 16.5. The Balaban J connectivity index is 1.68. The SMILES string of the molecule is COC1CCC2(C=C(c3cc(O)ccc3C3CC3)C(=O)C2)CC1. The van der Waals surface area contributed by atoms with E-state index >= 15 is 0 Å². The molecular weight excluding hydrogens is 288 g/mol. The summed E-state index contributed by atoms with van der Waals surface area (Å²) < 4.78 is 5.47. The number of Topliss-reactive ketones (excluding diaryl/α,β-unsaturated/α-hetero) is 1. The molecule has 3 heteroatoms. The highest BCUT2D eigenvalue weighted by molar-refractivity contribution is 6.23. The number of benzene rings is 1. The maximum absolute atomic E-state index is 12.7. The maximum Gasteiger partial charge on any atom is 0.164 e. The van der Waals surface area contributed by atoms with E-state index < -0.39 is 0 Å². The Morgan fingerprint density at radius 1 is 1.17 bits per heavy atom. The molecule has 0 atom stereocenters. The largest absolute Gasteiger partial charge is 0.508 e. The zero-order valence-electron chi connectivity index (χ0n) is 13.7. The van der Waals surface area contributed by atoms with Crippen molar-refractivity contribution >= 4 is 11.4 Å². The number of allylic oxidation sites excluding steroid dienone is 2. The third kappa shape index (κ3) is 2.72. The molecule has 0 aromatic heterocycles. The number of phenols is 1. The van der Waals surface area contributed by atoms with Crippen LogP contribution < -0.4 is 0 Å². The Labute approximate surface area is 137 Å². The minimum atomic E-state index is 0.0216. The Morgan fingerprint density at radius 2 is 1.91 bits per heavy atom. The molecule has 0 aliphatic heterocycles. The van der Waals surface area contributed by atoms with Crippen molar-refractivity contribution in [2.45, 2.75) is 57.0 Å². The van der Waals surface area contributed by atoms with E-state index in [2.05, 4.69) is 6.08 Å². The van der Waals surface area contributed by atoms with Gasteiger partial charge in [-0.3, -0.25) is 4.79 Å². The number of hydrogen-bond acceptors (Lipinski definition) is 3. The number of rotatable bonds is 3. The molecule has 4 rings (SSSR count). The van der Waals surface area contributed by atoms with Gasteiger partial charge in [0.2, 0.25) is 0 Å². The van der Waals surface area contributed by atoms with E-state index in [1.54, 1.807) is 19.2 Å². The van der Waals surface area contributed by atoms with Crippen LogP contribution in [0.4, 0.5) is 0 Å². The first-order valence-electron chi connectivity index (χ1n) is 8.72. The van der Waals surface area contributed by atoms with Crippen molar-refractivity contribution in [3.63, 3.8) is 0 Å². The van der Waals surface area contributed by atoms with E-state index in [9.17, 15) is 9.90 Å². The summed E-state index contributed by atoms with van der Waals surface area (Å²) in [5.74, 6) is 1.07. The monoisotopic (exact) mass is 312 g/mol. The fourth-order valence-corrected chi connectivity index (χ4v) is 4.33. The van der Waals surface area contributed by atoms with Crippen molar-refractivity contribution < 1.29 is 14.6 Å². The average molecular weight is 312 g/mol. The zero-order valence-corrected chi connectivity index (χ0v) is 13.7. The molecule has 2 fully saturated rings. The molecule has 1 aromatic rings. The molecule has 1 N–H and O–H groups in total. The Hall–Kier alpha value is -1.61. The summed E-state index contributed by atoms with van der Waals surface area (Å²) in [6.07, 6.45) is 9.69. The van der Waals surface area contributed by atoms with Gasteiger partial charge in [0, 0.05) is 19.1 Å².